The highest BCUT2D eigenvalue weighted by Crippen LogP contribution is 2.20. The van der Waals surface area contributed by atoms with Gasteiger partial charge in [0.1, 0.15) is 0 Å². The molecule has 0 saturated carbocycles. The lowest BCUT2D eigenvalue weighted by molar-refractivity contribution is -0.385. The number of hydrogen-bond acceptors (Lipinski definition) is 5. The van der Waals surface area contributed by atoms with Crippen LogP contribution in [-0.4, -0.2) is 15.2 Å². The van der Waals surface area contributed by atoms with Crippen molar-refractivity contribution in [2.24, 2.45) is 17.3 Å². The van der Waals surface area contributed by atoms with Crippen LogP contribution in [0.3, 0.4) is 0 Å². The van der Waals surface area contributed by atoms with Crippen molar-refractivity contribution in [1.82, 2.24) is 4.57 Å². The van der Waals surface area contributed by atoms with Crippen molar-refractivity contribution in [3.05, 3.63) is 68.5 Å². The zero-order valence-electron chi connectivity index (χ0n) is 13.6. The van der Waals surface area contributed by atoms with Gasteiger partial charge < -0.3 is 4.57 Å². The molecule has 0 bridgehead atoms. The number of hydrogen-bond donors (Lipinski definition) is 0. The number of nitro groups is 1. The lowest BCUT2D eigenvalue weighted by Gasteiger charge is -2.01. The maximum Gasteiger partial charge on any atom is 0.272 e. The minimum Gasteiger partial charge on any atom is -0.318 e. The molecule has 0 spiro atoms. The van der Waals surface area contributed by atoms with Gasteiger partial charge in [0.2, 0.25) is 4.80 Å². The molecular formula is C17H16N4O2S. The molecule has 3 aromatic rings. The molecule has 0 fully saturated rings. The molecule has 0 aliphatic rings. The predicted molar refractivity (Wildman–Crippen MR) is 96.4 cm³/mol. The SMILES string of the molecule is C/C(=N\N=c1\sc2ccccc2n1C)c1ccc(C)c([N+](=O)[O-])c1. The molecule has 0 aliphatic carbocycles. The first-order valence-electron chi connectivity index (χ1n) is 7.35. The Morgan fingerprint density at radius 2 is 2.00 bits per heavy atom. The number of aromatic nitrogens is 1. The smallest absolute Gasteiger partial charge is 0.272 e. The Morgan fingerprint density at radius 3 is 2.71 bits per heavy atom. The third-order valence-electron chi connectivity index (χ3n) is 3.82. The van der Waals surface area contributed by atoms with Crippen molar-refractivity contribution < 1.29 is 4.92 Å². The van der Waals surface area contributed by atoms with Gasteiger partial charge in [-0.25, -0.2) is 0 Å². The summed E-state index contributed by atoms with van der Waals surface area (Å²) in [7, 11) is 1.94. The summed E-state index contributed by atoms with van der Waals surface area (Å²) in [6, 6.07) is 13.1. The van der Waals surface area contributed by atoms with Gasteiger partial charge in [-0.2, -0.15) is 5.10 Å². The second kappa shape index (κ2) is 6.37. The van der Waals surface area contributed by atoms with E-state index in [-0.39, 0.29) is 10.6 Å². The second-order valence-corrected chi connectivity index (χ2v) is 6.46. The molecule has 0 unspecified atom stereocenters. The summed E-state index contributed by atoms with van der Waals surface area (Å²) < 4.78 is 3.12. The Bertz CT molecular complexity index is 1030. The molecule has 0 radical (unpaired) electrons. The van der Waals surface area contributed by atoms with E-state index in [0.29, 0.717) is 16.8 Å². The van der Waals surface area contributed by atoms with Gasteiger partial charge >= 0.3 is 0 Å². The number of aryl methyl sites for hydroxylation is 2. The molecule has 1 aromatic heterocycles. The van der Waals surface area contributed by atoms with Crippen LogP contribution in [0, 0.1) is 17.0 Å². The van der Waals surface area contributed by atoms with E-state index in [4.69, 9.17) is 0 Å². The van der Waals surface area contributed by atoms with Crippen molar-refractivity contribution in [2.75, 3.05) is 0 Å². The molecular weight excluding hydrogens is 324 g/mol. The quantitative estimate of drug-likeness (QED) is 0.413. The summed E-state index contributed by atoms with van der Waals surface area (Å²) >= 11 is 1.55. The molecule has 6 nitrogen and oxygen atoms in total. The zero-order valence-corrected chi connectivity index (χ0v) is 14.4. The van der Waals surface area contributed by atoms with E-state index in [9.17, 15) is 10.1 Å². The normalized spacial score (nSPS) is 12.8. The molecule has 0 atom stereocenters. The van der Waals surface area contributed by atoms with Crippen LogP contribution in [0.5, 0.6) is 0 Å². The Labute approximate surface area is 142 Å². The third kappa shape index (κ3) is 2.98. The molecule has 0 amide bonds. The monoisotopic (exact) mass is 340 g/mol. The summed E-state index contributed by atoms with van der Waals surface area (Å²) in [6.45, 7) is 3.52. The highest BCUT2D eigenvalue weighted by atomic mass is 32.1. The molecule has 0 aliphatic heterocycles. The van der Waals surface area contributed by atoms with E-state index in [2.05, 4.69) is 10.2 Å². The topological polar surface area (TPSA) is 72.8 Å². The Morgan fingerprint density at radius 1 is 1.25 bits per heavy atom. The first kappa shape index (κ1) is 16.1. The van der Waals surface area contributed by atoms with Crippen molar-refractivity contribution in [1.29, 1.82) is 0 Å². The summed E-state index contributed by atoms with van der Waals surface area (Å²) in [5.41, 5.74) is 3.15. The van der Waals surface area contributed by atoms with Crippen LogP contribution in [0.25, 0.3) is 10.2 Å². The molecule has 0 saturated heterocycles. The minimum absolute atomic E-state index is 0.0921. The number of nitro benzene ring substituents is 1. The lowest BCUT2D eigenvalue weighted by Crippen LogP contribution is -2.09. The number of thiazole rings is 1. The Kier molecular flexibility index (Phi) is 4.26. The van der Waals surface area contributed by atoms with Crippen LogP contribution >= 0.6 is 11.3 Å². The van der Waals surface area contributed by atoms with Crippen LogP contribution in [0.1, 0.15) is 18.1 Å². The van der Waals surface area contributed by atoms with E-state index in [1.807, 2.05) is 41.9 Å². The summed E-state index contributed by atoms with van der Waals surface area (Å²) in [5, 5.41) is 19.6. The maximum absolute atomic E-state index is 11.1. The van der Waals surface area contributed by atoms with Crippen LogP contribution < -0.4 is 4.80 Å². The van der Waals surface area contributed by atoms with E-state index in [1.165, 1.54) is 6.07 Å². The highest BCUT2D eigenvalue weighted by molar-refractivity contribution is 7.16. The summed E-state index contributed by atoms with van der Waals surface area (Å²) in [5.74, 6) is 0. The van der Waals surface area contributed by atoms with Crippen molar-refractivity contribution >= 4 is 33.0 Å². The molecule has 1 heterocycles. The van der Waals surface area contributed by atoms with Crippen LogP contribution in [0.2, 0.25) is 0 Å². The van der Waals surface area contributed by atoms with Crippen molar-refractivity contribution in [3.63, 3.8) is 0 Å². The molecule has 0 N–H and O–H groups in total. The standard InChI is InChI=1S/C17H16N4O2S/c1-11-8-9-13(10-15(11)21(22)23)12(2)18-19-17-20(3)14-6-4-5-7-16(14)24-17/h4-10H,1-3H3/b18-12+,19-17+. The first-order valence-corrected chi connectivity index (χ1v) is 8.17. The van der Waals surface area contributed by atoms with Gasteiger partial charge in [0, 0.05) is 24.2 Å². The second-order valence-electron chi connectivity index (χ2n) is 5.46. The zero-order chi connectivity index (χ0) is 17.3. The van der Waals surface area contributed by atoms with Gasteiger partial charge in [-0.15, -0.1) is 5.10 Å². The largest absolute Gasteiger partial charge is 0.318 e. The average Bonchev–Trinajstić information content (AvgIpc) is 2.89. The van der Waals surface area contributed by atoms with E-state index < -0.39 is 0 Å². The Hall–Kier alpha value is -2.80. The summed E-state index contributed by atoms with van der Waals surface area (Å²) in [6.07, 6.45) is 0. The molecule has 7 heteroatoms. The fraction of sp³-hybridized carbons (Fsp3) is 0.176. The van der Waals surface area contributed by atoms with Gasteiger partial charge in [0.25, 0.3) is 5.69 Å². The van der Waals surface area contributed by atoms with Crippen LogP contribution in [0.4, 0.5) is 5.69 Å². The average molecular weight is 340 g/mol. The van der Waals surface area contributed by atoms with Crippen LogP contribution in [-0.2, 0) is 7.05 Å². The Balaban J connectivity index is 2.03. The number of fused-ring (bicyclic) bond motifs is 1. The van der Waals surface area contributed by atoms with Gasteiger partial charge in [0.05, 0.1) is 20.9 Å². The van der Waals surface area contributed by atoms with Crippen molar-refractivity contribution in [3.8, 4) is 0 Å². The van der Waals surface area contributed by atoms with Gasteiger partial charge in [0.15, 0.2) is 0 Å². The van der Waals surface area contributed by atoms with Gasteiger partial charge in [-0.3, -0.25) is 10.1 Å². The van der Waals surface area contributed by atoms with E-state index in [0.717, 1.165) is 15.0 Å². The van der Waals surface area contributed by atoms with Crippen LogP contribution in [0.15, 0.2) is 52.7 Å². The molecule has 24 heavy (non-hydrogen) atoms. The third-order valence-corrected chi connectivity index (χ3v) is 4.93. The first-order chi connectivity index (χ1) is 11.5. The molecule has 2 aromatic carbocycles. The van der Waals surface area contributed by atoms with Gasteiger partial charge in [-0.1, -0.05) is 35.6 Å². The molecule has 122 valence electrons. The fourth-order valence-electron chi connectivity index (χ4n) is 2.38. The van der Waals surface area contributed by atoms with E-state index >= 15 is 0 Å². The minimum atomic E-state index is -0.380. The lowest BCUT2D eigenvalue weighted by atomic mass is 10.1. The summed E-state index contributed by atoms with van der Waals surface area (Å²) in [4.78, 5) is 11.5. The highest BCUT2D eigenvalue weighted by Gasteiger charge is 2.12. The fourth-order valence-corrected chi connectivity index (χ4v) is 3.35. The predicted octanol–water partition coefficient (Wildman–Crippen LogP) is 3.78. The molecule has 3 rings (SSSR count). The van der Waals surface area contributed by atoms with Gasteiger partial charge in [-0.05, 0) is 26.0 Å². The number of benzene rings is 2. The maximum atomic E-state index is 11.1. The van der Waals surface area contributed by atoms with Crippen molar-refractivity contribution in [2.45, 2.75) is 13.8 Å². The number of rotatable bonds is 3. The number of nitrogens with zero attached hydrogens (tertiary/aromatic N) is 4. The number of para-hydroxylation sites is 1. The van der Waals surface area contributed by atoms with E-state index in [1.54, 1.807) is 31.3 Å².